The van der Waals surface area contributed by atoms with E-state index in [1.54, 1.807) is 24.3 Å². The van der Waals surface area contributed by atoms with Crippen molar-refractivity contribution in [2.45, 2.75) is 12.3 Å². The summed E-state index contributed by atoms with van der Waals surface area (Å²) in [7, 11) is 0. The topological polar surface area (TPSA) is 37.3 Å². The quantitative estimate of drug-likeness (QED) is 0.899. The number of rotatable bonds is 4. The molecule has 0 bridgehead atoms. The Kier molecular flexibility index (Phi) is 4.63. The van der Waals surface area contributed by atoms with E-state index in [1.165, 1.54) is 18.2 Å². The van der Waals surface area contributed by atoms with Crippen molar-refractivity contribution in [2.24, 2.45) is 0 Å². The Morgan fingerprint density at radius 2 is 1.90 bits per heavy atom. The zero-order chi connectivity index (χ0) is 14.7. The van der Waals surface area contributed by atoms with Crippen molar-refractivity contribution in [1.82, 2.24) is 0 Å². The lowest BCUT2D eigenvalue weighted by Crippen LogP contribution is -2.16. The molecule has 2 nitrogen and oxygen atoms in total. The summed E-state index contributed by atoms with van der Waals surface area (Å²) >= 11 is 11.8. The number of benzene rings is 2. The summed E-state index contributed by atoms with van der Waals surface area (Å²) in [6.45, 7) is 0. The Bertz CT molecular complexity index is 644. The summed E-state index contributed by atoms with van der Waals surface area (Å²) in [5, 5.41) is 10.2. The predicted octanol–water partition coefficient (Wildman–Crippen LogP) is 4.54. The normalized spacial score (nSPS) is 12.2. The van der Waals surface area contributed by atoms with Gasteiger partial charge in [-0.2, -0.15) is 0 Å². The molecule has 0 aliphatic heterocycles. The lowest BCUT2D eigenvalue weighted by Gasteiger charge is -2.14. The van der Waals surface area contributed by atoms with Crippen molar-refractivity contribution >= 4 is 29.2 Å². The third-order valence-electron chi connectivity index (χ3n) is 3.02. The highest BCUT2D eigenvalue weighted by atomic mass is 35.5. The molecule has 0 radical (unpaired) electrons. The molecule has 0 spiro atoms. The van der Waals surface area contributed by atoms with Crippen LogP contribution in [0.5, 0.6) is 0 Å². The van der Waals surface area contributed by atoms with Gasteiger partial charge < -0.3 is 5.11 Å². The maximum Gasteiger partial charge on any atom is 0.311 e. The first kappa shape index (κ1) is 14.8. The highest BCUT2D eigenvalue weighted by molar-refractivity contribution is 6.35. The lowest BCUT2D eigenvalue weighted by molar-refractivity contribution is -0.138. The number of halogens is 3. The molecule has 0 aliphatic rings. The van der Waals surface area contributed by atoms with Gasteiger partial charge in [-0.05, 0) is 30.2 Å². The van der Waals surface area contributed by atoms with Crippen LogP contribution in [0.3, 0.4) is 0 Å². The van der Waals surface area contributed by atoms with Crippen LogP contribution in [0.2, 0.25) is 10.0 Å². The van der Waals surface area contributed by atoms with Gasteiger partial charge in [0.15, 0.2) is 0 Å². The zero-order valence-electron chi connectivity index (χ0n) is 10.3. The Morgan fingerprint density at radius 1 is 1.20 bits per heavy atom. The van der Waals surface area contributed by atoms with E-state index in [4.69, 9.17) is 23.2 Å². The van der Waals surface area contributed by atoms with Crippen LogP contribution in [0.1, 0.15) is 17.0 Å². The highest BCUT2D eigenvalue weighted by Gasteiger charge is 2.24. The number of aliphatic carboxylic acids is 1. The van der Waals surface area contributed by atoms with E-state index in [-0.39, 0.29) is 12.0 Å². The van der Waals surface area contributed by atoms with Crippen LogP contribution in [0.4, 0.5) is 4.39 Å². The molecule has 5 heteroatoms. The van der Waals surface area contributed by atoms with Crippen molar-refractivity contribution in [2.75, 3.05) is 0 Å². The molecule has 0 saturated heterocycles. The summed E-state index contributed by atoms with van der Waals surface area (Å²) in [5.74, 6) is -2.62. The third-order valence-corrected chi connectivity index (χ3v) is 3.60. The summed E-state index contributed by atoms with van der Waals surface area (Å²) in [4.78, 5) is 11.4. The molecule has 2 aromatic carbocycles. The fourth-order valence-electron chi connectivity index (χ4n) is 2.00. The molecule has 2 aromatic rings. The Labute approximate surface area is 125 Å². The van der Waals surface area contributed by atoms with Crippen molar-refractivity contribution < 1.29 is 14.3 Å². The molecule has 0 amide bonds. The highest BCUT2D eigenvalue weighted by Crippen LogP contribution is 2.28. The Hall–Kier alpha value is -1.58. The summed E-state index contributed by atoms with van der Waals surface area (Å²) < 4.78 is 13.8. The van der Waals surface area contributed by atoms with Crippen LogP contribution in [0.15, 0.2) is 42.5 Å². The van der Waals surface area contributed by atoms with E-state index in [2.05, 4.69) is 0 Å². The molecule has 104 valence electrons. The monoisotopic (exact) mass is 312 g/mol. The van der Waals surface area contributed by atoms with Crippen LogP contribution < -0.4 is 0 Å². The van der Waals surface area contributed by atoms with Gasteiger partial charge in [-0.3, -0.25) is 4.79 Å². The zero-order valence-corrected chi connectivity index (χ0v) is 11.8. The standard InChI is InChI=1S/C15H11Cl2FO2/c16-10-6-5-9(13(17)8-10)7-12(15(19)20)11-3-1-2-4-14(11)18/h1-6,8,12H,7H2,(H,19,20). The minimum absolute atomic E-state index is 0.103. The van der Waals surface area contributed by atoms with Gasteiger partial charge in [0.1, 0.15) is 5.82 Å². The van der Waals surface area contributed by atoms with Crippen LogP contribution in [0, 0.1) is 5.82 Å². The molecule has 0 aromatic heterocycles. The van der Waals surface area contributed by atoms with Gasteiger partial charge in [0.2, 0.25) is 0 Å². The van der Waals surface area contributed by atoms with Crippen LogP contribution >= 0.6 is 23.2 Å². The summed E-state index contributed by atoms with van der Waals surface area (Å²) in [6.07, 6.45) is 0.103. The maximum atomic E-state index is 13.8. The molecule has 20 heavy (non-hydrogen) atoms. The van der Waals surface area contributed by atoms with E-state index >= 15 is 0 Å². The summed E-state index contributed by atoms with van der Waals surface area (Å²) in [6, 6.07) is 10.7. The van der Waals surface area contributed by atoms with Gasteiger partial charge in [-0.25, -0.2) is 4.39 Å². The Balaban J connectivity index is 2.36. The van der Waals surface area contributed by atoms with Crippen molar-refractivity contribution in [1.29, 1.82) is 0 Å². The van der Waals surface area contributed by atoms with Gasteiger partial charge in [0, 0.05) is 15.6 Å². The summed E-state index contributed by atoms with van der Waals surface area (Å²) in [5.41, 5.74) is 0.762. The number of hydrogen-bond acceptors (Lipinski definition) is 1. The van der Waals surface area contributed by atoms with Crippen molar-refractivity contribution in [3.63, 3.8) is 0 Å². The predicted molar refractivity (Wildman–Crippen MR) is 76.9 cm³/mol. The van der Waals surface area contributed by atoms with Crippen molar-refractivity contribution in [3.05, 3.63) is 69.5 Å². The van der Waals surface area contributed by atoms with E-state index in [0.717, 1.165) is 0 Å². The fourth-order valence-corrected chi connectivity index (χ4v) is 2.48. The largest absolute Gasteiger partial charge is 0.481 e. The smallest absolute Gasteiger partial charge is 0.311 e. The first-order valence-electron chi connectivity index (χ1n) is 5.90. The molecule has 0 heterocycles. The fraction of sp³-hybridized carbons (Fsp3) is 0.133. The average molecular weight is 313 g/mol. The molecular weight excluding hydrogens is 302 g/mol. The first-order chi connectivity index (χ1) is 9.49. The maximum absolute atomic E-state index is 13.8. The van der Waals surface area contributed by atoms with Gasteiger partial charge in [0.05, 0.1) is 5.92 Å². The van der Waals surface area contributed by atoms with Crippen LogP contribution in [0.25, 0.3) is 0 Å². The molecular formula is C15H11Cl2FO2. The molecule has 1 atom stereocenters. The second-order valence-corrected chi connectivity index (χ2v) is 5.20. The number of carboxylic acids is 1. The second-order valence-electron chi connectivity index (χ2n) is 4.35. The van der Waals surface area contributed by atoms with Crippen molar-refractivity contribution in [3.8, 4) is 0 Å². The van der Waals surface area contributed by atoms with Gasteiger partial charge in [0.25, 0.3) is 0 Å². The van der Waals surface area contributed by atoms with Gasteiger partial charge in [-0.1, -0.05) is 47.5 Å². The average Bonchev–Trinajstić information content (AvgIpc) is 2.39. The van der Waals surface area contributed by atoms with Crippen LogP contribution in [-0.4, -0.2) is 11.1 Å². The first-order valence-corrected chi connectivity index (χ1v) is 6.66. The minimum atomic E-state index is -1.10. The van der Waals surface area contributed by atoms with Gasteiger partial charge >= 0.3 is 5.97 Å². The van der Waals surface area contributed by atoms with Gasteiger partial charge in [-0.15, -0.1) is 0 Å². The van der Waals surface area contributed by atoms with E-state index in [0.29, 0.717) is 15.6 Å². The van der Waals surface area contributed by atoms with Crippen LogP contribution in [-0.2, 0) is 11.2 Å². The number of carboxylic acid groups (broad SMARTS) is 1. The molecule has 1 N–H and O–H groups in total. The molecule has 2 rings (SSSR count). The molecule has 0 aliphatic carbocycles. The number of carbonyl (C=O) groups is 1. The molecule has 0 saturated carbocycles. The Morgan fingerprint density at radius 3 is 2.50 bits per heavy atom. The van der Waals surface area contributed by atoms with E-state index in [1.807, 2.05) is 0 Å². The van der Waals surface area contributed by atoms with E-state index in [9.17, 15) is 14.3 Å². The molecule has 1 unspecified atom stereocenters. The third kappa shape index (κ3) is 3.30. The van der Waals surface area contributed by atoms with E-state index < -0.39 is 17.7 Å². The lowest BCUT2D eigenvalue weighted by atomic mass is 9.91. The second kappa shape index (κ2) is 6.25. The molecule has 0 fully saturated rings. The minimum Gasteiger partial charge on any atom is -0.481 e. The number of hydrogen-bond donors (Lipinski definition) is 1. The SMILES string of the molecule is O=C(O)C(Cc1ccc(Cl)cc1Cl)c1ccccc1F.